The molecule has 0 saturated carbocycles. The molecule has 31 heavy (non-hydrogen) atoms. The van der Waals surface area contributed by atoms with Gasteiger partial charge in [-0.05, 0) is 42.5 Å². The third kappa shape index (κ3) is 3.72. The number of H-pyrrole nitrogens is 1. The minimum atomic E-state index is -3.24. The van der Waals surface area contributed by atoms with Crippen LogP contribution in [0, 0.1) is 0 Å². The van der Waals surface area contributed by atoms with E-state index in [9.17, 15) is 13.2 Å². The van der Waals surface area contributed by atoms with E-state index < -0.39 is 9.84 Å². The first-order valence-electron chi connectivity index (χ1n) is 10.3. The summed E-state index contributed by atoms with van der Waals surface area (Å²) in [6, 6.07) is 12.8. The predicted molar refractivity (Wildman–Crippen MR) is 116 cm³/mol. The molecule has 0 radical (unpaired) electrons. The molecule has 2 heterocycles. The first-order valence-corrected chi connectivity index (χ1v) is 12.2. The molecule has 1 amide bonds. The van der Waals surface area contributed by atoms with Crippen LogP contribution in [-0.2, 0) is 29.1 Å². The van der Waals surface area contributed by atoms with E-state index in [1.807, 2.05) is 18.2 Å². The first kappa shape index (κ1) is 19.8. The van der Waals surface area contributed by atoms with Crippen molar-refractivity contribution in [2.45, 2.75) is 36.7 Å². The number of benzene rings is 2. The number of para-hydroxylation sites is 1. The summed E-state index contributed by atoms with van der Waals surface area (Å²) < 4.78 is 29.6. The molecule has 1 aliphatic heterocycles. The highest BCUT2D eigenvalue weighted by Crippen LogP contribution is 2.39. The standard InChI is InChI=1S/C23H23N3O4S/c1-31(28,29)17-10-8-14(9-11-17)18-5-2-4-15-12-16(30-22(15)18)13-24-23(27)21-19-6-3-7-20(19)25-26-21/h2,4-5,8-11,16H,3,6-7,12-13H2,1H3,(H,24,27)(H,25,26). The fourth-order valence-corrected chi connectivity index (χ4v) is 4.99. The summed E-state index contributed by atoms with van der Waals surface area (Å²) in [4.78, 5) is 12.9. The second-order valence-electron chi connectivity index (χ2n) is 8.13. The number of sulfone groups is 1. The van der Waals surface area contributed by atoms with E-state index in [4.69, 9.17) is 4.74 Å². The number of hydrogen-bond donors (Lipinski definition) is 2. The van der Waals surface area contributed by atoms with Crippen molar-refractivity contribution in [2.75, 3.05) is 12.8 Å². The second kappa shape index (κ2) is 7.53. The van der Waals surface area contributed by atoms with Crippen LogP contribution in [-0.4, -0.2) is 43.4 Å². The van der Waals surface area contributed by atoms with Crippen molar-refractivity contribution < 1.29 is 17.9 Å². The predicted octanol–water partition coefficient (Wildman–Crippen LogP) is 2.70. The second-order valence-corrected chi connectivity index (χ2v) is 10.1. The summed E-state index contributed by atoms with van der Waals surface area (Å²) in [6.07, 6.45) is 4.62. The van der Waals surface area contributed by atoms with Crippen molar-refractivity contribution in [3.63, 3.8) is 0 Å². The molecule has 1 aliphatic carbocycles. The molecule has 3 aromatic rings. The smallest absolute Gasteiger partial charge is 0.272 e. The Labute approximate surface area is 180 Å². The van der Waals surface area contributed by atoms with E-state index in [1.165, 1.54) is 6.26 Å². The molecule has 2 aliphatic rings. The van der Waals surface area contributed by atoms with Gasteiger partial charge in [0.05, 0.1) is 11.4 Å². The van der Waals surface area contributed by atoms with E-state index in [2.05, 4.69) is 15.5 Å². The van der Waals surface area contributed by atoms with E-state index >= 15 is 0 Å². The number of aromatic nitrogens is 2. The average molecular weight is 438 g/mol. The molecule has 1 unspecified atom stereocenters. The van der Waals surface area contributed by atoms with Crippen LogP contribution in [0.3, 0.4) is 0 Å². The van der Waals surface area contributed by atoms with Crippen LogP contribution in [0.1, 0.15) is 33.7 Å². The quantitative estimate of drug-likeness (QED) is 0.639. The Bertz CT molecular complexity index is 1260. The molecule has 1 aromatic heterocycles. The van der Waals surface area contributed by atoms with Gasteiger partial charge >= 0.3 is 0 Å². The fourth-order valence-electron chi connectivity index (χ4n) is 4.36. The highest BCUT2D eigenvalue weighted by Gasteiger charge is 2.28. The molecule has 1 atom stereocenters. The number of carbonyl (C=O) groups is 1. The van der Waals surface area contributed by atoms with Gasteiger partial charge in [0.2, 0.25) is 0 Å². The van der Waals surface area contributed by atoms with E-state index in [-0.39, 0.29) is 16.9 Å². The van der Waals surface area contributed by atoms with E-state index in [0.29, 0.717) is 18.7 Å². The summed E-state index contributed by atoms with van der Waals surface area (Å²) in [5.41, 5.74) is 5.48. The van der Waals surface area contributed by atoms with Gasteiger partial charge in [-0.15, -0.1) is 0 Å². The average Bonchev–Trinajstić information content (AvgIpc) is 3.46. The Hall–Kier alpha value is -3.13. The lowest BCUT2D eigenvalue weighted by Crippen LogP contribution is -2.35. The van der Waals surface area contributed by atoms with Crippen LogP contribution in [0.15, 0.2) is 47.4 Å². The van der Waals surface area contributed by atoms with Gasteiger partial charge in [-0.3, -0.25) is 9.89 Å². The minimum absolute atomic E-state index is 0.164. The SMILES string of the molecule is CS(=O)(=O)c1ccc(-c2cccc3c2OC(CNC(=O)c2n[nH]c4c2CCC4)C3)cc1. The van der Waals surface area contributed by atoms with Crippen molar-refractivity contribution in [1.29, 1.82) is 0 Å². The van der Waals surface area contributed by atoms with Gasteiger partial charge in [-0.2, -0.15) is 5.10 Å². The van der Waals surface area contributed by atoms with E-state index in [1.54, 1.807) is 24.3 Å². The van der Waals surface area contributed by atoms with E-state index in [0.717, 1.165) is 53.0 Å². The number of nitrogens with zero attached hydrogens (tertiary/aromatic N) is 1. The van der Waals surface area contributed by atoms with Crippen LogP contribution in [0.25, 0.3) is 11.1 Å². The van der Waals surface area contributed by atoms with Crippen LogP contribution < -0.4 is 10.1 Å². The number of aromatic amines is 1. The fraction of sp³-hybridized carbons (Fsp3) is 0.304. The third-order valence-electron chi connectivity index (χ3n) is 5.93. The Kier molecular flexibility index (Phi) is 4.81. The molecule has 2 aromatic carbocycles. The van der Waals surface area contributed by atoms with Crippen molar-refractivity contribution in [3.8, 4) is 16.9 Å². The number of hydrogen-bond acceptors (Lipinski definition) is 5. The summed E-state index contributed by atoms with van der Waals surface area (Å²) in [5, 5.41) is 10.1. The zero-order valence-electron chi connectivity index (χ0n) is 17.1. The minimum Gasteiger partial charge on any atom is -0.487 e. The lowest BCUT2D eigenvalue weighted by atomic mass is 10.0. The zero-order valence-corrected chi connectivity index (χ0v) is 18.0. The Morgan fingerprint density at radius 1 is 1.19 bits per heavy atom. The largest absolute Gasteiger partial charge is 0.487 e. The van der Waals surface area contributed by atoms with Gasteiger partial charge < -0.3 is 10.1 Å². The van der Waals surface area contributed by atoms with Crippen molar-refractivity contribution >= 4 is 15.7 Å². The lowest BCUT2D eigenvalue weighted by Gasteiger charge is -2.13. The van der Waals surface area contributed by atoms with Gasteiger partial charge in [-0.25, -0.2) is 8.42 Å². The van der Waals surface area contributed by atoms with Gasteiger partial charge in [-0.1, -0.05) is 30.3 Å². The van der Waals surface area contributed by atoms with Crippen molar-refractivity contribution in [1.82, 2.24) is 15.5 Å². The number of nitrogens with one attached hydrogen (secondary N) is 2. The molecule has 7 nitrogen and oxygen atoms in total. The molecule has 5 rings (SSSR count). The van der Waals surface area contributed by atoms with Crippen molar-refractivity contribution in [3.05, 3.63) is 65.0 Å². The summed E-state index contributed by atoms with van der Waals surface area (Å²) in [6.45, 7) is 0.390. The first-order chi connectivity index (χ1) is 14.9. The number of carbonyl (C=O) groups excluding carboxylic acids is 1. The molecule has 2 N–H and O–H groups in total. The van der Waals surface area contributed by atoms with Crippen LogP contribution in [0.4, 0.5) is 0 Å². The highest BCUT2D eigenvalue weighted by molar-refractivity contribution is 7.90. The molecule has 0 bridgehead atoms. The van der Waals surface area contributed by atoms with Crippen molar-refractivity contribution in [2.24, 2.45) is 0 Å². The zero-order chi connectivity index (χ0) is 21.6. The van der Waals surface area contributed by atoms with Crippen LogP contribution in [0.5, 0.6) is 5.75 Å². The third-order valence-corrected chi connectivity index (χ3v) is 7.06. The summed E-state index contributed by atoms with van der Waals surface area (Å²) in [7, 11) is -3.24. The molecular formula is C23H23N3O4S. The number of aryl methyl sites for hydroxylation is 1. The number of fused-ring (bicyclic) bond motifs is 2. The van der Waals surface area contributed by atoms with Crippen LogP contribution >= 0.6 is 0 Å². The Balaban J connectivity index is 1.29. The maximum absolute atomic E-state index is 12.6. The Morgan fingerprint density at radius 3 is 2.77 bits per heavy atom. The van der Waals surface area contributed by atoms with Gasteiger partial charge in [0.1, 0.15) is 11.9 Å². The molecular weight excluding hydrogens is 414 g/mol. The topological polar surface area (TPSA) is 101 Å². The van der Waals surface area contributed by atoms with Crippen LogP contribution in [0.2, 0.25) is 0 Å². The number of rotatable bonds is 5. The number of amides is 1. The Morgan fingerprint density at radius 2 is 2.00 bits per heavy atom. The lowest BCUT2D eigenvalue weighted by molar-refractivity contribution is 0.0927. The number of ether oxygens (including phenoxy) is 1. The highest BCUT2D eigenvalue weighted by atomic mass is 32.2. The van der Waals surface area contributed by atoms with Gasteiger partial charge in [0.25, 0.3) is 5.91 Å². The monoisotopic (exact) mass is 437 g/mol. The molecule has 8 heteroatoms. The normalized spacial score (nSPS) is 17.1. The molecule has 160 valence electrons. The molecule has 0 saturated heterocycles. The van der Waals surface area contributed by atoms with Gasteiger partial charge in [0.15, 0.2) is 15.5 Å². The molecule has 0 spiro atoms. The van der Waals surface area contributed by atoms with Gasteiger partial charge in [0, 0.05) is 29.5 Å². The maximum atomic E-state index is 12.6. The maximum Gasteiger partial charge on any atom is 0.272 e. The summed E-state index contributed by atoms with van der Waals surface area (Å²) >= 11 is 0. The summed E-state index contributed by atoms with van der Waals surface area (Å²) in [5.74, 6) is 0.616. The molecule has 0 fully saturated rings.